The molecular formula is C36H24O2. The van der Waals surface area contributed by atoms with Crippen molar-refractivity contribution in [3.63, 3.8) is 0 Å². The summed E-state index contributed by atoms with van der Waals surface area (Å²) in [6, 6.07) is 49.8. The fourth-order valence-electron chi connectivity index (χ4n) is 5.23. The van der Waals surface area contributed by atoms with Crippen molar-refractivity contribution in [1.29, 1.82) is 0 Å². The van der Waals surface area contributed by atoms with Gasteiger partial charge in [0.1, 0.15) is 23.0 Å². The molecule has 0 bridgehead atoms. The first-order valence-electron chi connectivity index (χ1n) is 12.8. The standard InChI is InChI=1S/C36H24O2/c1-3-13-25(14-4-1)27-19-12-24-34-35(27)31-18-8-10-23-33(31)37-32-22-9-7-17-29(32)30-21-11-20-28(36(30)38-34)26-15-5-2-6-16-26/h1-24H. The van der Waals surface area contributed by atoms with Crippen molar-refractivity contribution in [2.45, 2.75) is 0 Å². The summed E-state index contributed by atoms with van der Waals surface area (Å²) in [5.41, 5.74) is 8.29. The predicted octanol–water partition coefficient (Wildman–Crippen LogP) is 10.3. The molecule has 0 aliphatic carbocycles. The summed E-state index contributed by atoms with van der Waals surface area (Å²) in [4.78, 5) is 0. The Morgan fingerprint density at radius 2 is 0.763 bits per heavy atom. The Balaban J connectivity index is 1.57. The van der Waals surface area contributed by atoms with Crippen LogP contribution in [0.5, 0.6) is 23.0 Å². The maximum Gasteiger partial charge on any atom is 0.143 e. The van der Waals surface area contributed by atoms with Crippen molar-refractivity contribution in [2.75, 3.05) is 0 Å². The molecule has 0 saturated carbocycles. The number of para-hydroxylation sites is 3. The Kier molecular flexibility index (Phi) is 5.49. The highest BCUT2D eigenvalue weighted by molar-refractivity contribution is 5.92. The molecule has 0 spiro atoms. The van der Waals surface area contributed by atoms with Crippen molar-refractivity contribution in [3.8, 4) is 67.5 Å². The number of hydrogen-bond donors (Lipinski definition) is 0. The monoisotopic (exact) mass is 488 g/mol. The van der Waals surface area contributed by atoms with Gasteiger partial charge in [-0.15, -0.1) is 0 Å². The van der Waals surface area contributed by atoms with E-state index in [1.54, 1.807) is 0 Å². The average molecular weight is 489 g/mol. The Hall–Kier alpha value is -5.08. The van der Waals surface area contributed by atoms with Crippen molar-refractivity contribution in [1.82, 2.24) is 0 Å². The number of ether oxygens (including phenoxy) is 2. The molecule has 6 aromatic carbocycles. The van der Waals surface area contributed by atoms with E-state index in [4.69, 9.17) is 9.47 Å². The summed E-state index contributed by atoms with van der Waals surface area (Å²) in [7, 11) is 0. The second-order valence-corrected chi connectivity index (χ2v) is 9.29. The van der Waals surface area contributed by atoms with Gasteiger partial charge in [0.2, 0.25) is 0 Å². The summed E-state index contributed by atoms with van der Waals surface area (Å²) in [6.07, 6.45) is 0. The molecule has 1 aliphatic heterocycles. The van der Waals surface area contributed by atoms with Crippen molar-refractivity contribution < 1.29 is 9.47 Å². The van der Waals surface area contributed by atoms with Gasteiger partial charge in [-0.3, -0.25) is 0 Å². The second kappa shape index (κ2) is 9.42. The van der Waals surface area contributed by atoms with Crippen LogP contribution in [0.3, 0.4) is 0 Å². The number of hydrogen-bond acceptors (Lipinski definition) is 2. The molecule has 0 unspecified atom stereocenters. The minimum atomic E-state index is 0.784. The maximum absolute atomic E-state index is 7.02. The molecule has 0 saturated heterocycles. The van der Waals surface area contributed by atoms with Crippen LogP contribution in [0.1, 0.15) is 0 Å². The molecule has 0 atom stereocenters. The van der Waals surface area contributed by atoms with E-state index in [0.29, 0.717) is 0 Å². The minimum absolute atomic E-state index is 0.784. The van der Waals surface area contributed by atoms with Gasteiger partial charge in [0, 0.05) is 27.8 Å². The first-order valence-corrected chi connectivity index (χ1v) is 12.8. The molecule has 0 fully saturated rings. The summed E-state index contributed by atoms with van der Waals surface area (Å²) >= 11 is 0. The molecule has 2 nitrogen and oxygen atoms in total. The van der Waals surface area contributed by atoms with E-state index in [9.17, 15) is 0 Å². The van der Waals surface area contributed by atoms with Crippen LogP contribution in [0, 0.1) is 0 Å². The van der Waals surface area contributed by atoms with E-state index in [-0.39, 0.29) is 0 Å². The summed E-state index contributed by atoms with van der Waals surface area (Å²) in [5.74, 6) is 3.17. The first-order chi connectivity index (χ1) is 18.9. The van der Waals surface area contributed by atoms with Gasteiger partial charge in [-0.25, -0.2) is 0 Å². The van der Waals surface area contributed by atoms with Gasteiger partial charge in [-0.1, -0.05) is 127 Å². The van der Waals surface area contributed by atoms with Crippen LogP contribution in [0.15, 0.2) is 146 Å². The molecule has 38 heavy (non-hydrogen) atoms. The maximum atomic E-state index is 7.02. The van der Waals surface area contributed by atoms with E-state index in [1.165, 1.54) is 0 Å². The zero-order chi connectivity index (χ0) is 25.3. The van der Waals surface area contributed by atoms with E-state index in [2.05, 4.69) is 103 Å². The number of rotatable bonds is 2. The predicted molar refractivity (Wildman–Crippen MR) is 155 cm³/mol. The van der Waals surface area contributed by atoms with E-state index in [1.807, 2.05) is 42.5 Å². The van der Waals surface area contributed by atoms with Gasteiger partial charge < -0.3 is 9.47 Å². The third-order valence-electron chi connectivity index (χ3n) is 6.98. The third-order valence-corrected chi connectivity index (χ3v) is 6.98. The van der Waals surface area contributed by atoms with E-state index in [0.717, 1.165) is 67.5 Å². The Labute approximate surface area is 222 Å². The van der Waals surface area contributed by atoms with Gasteiger partial charge in [0.05, 0.1) is 0 Å². The molecule has 1 aliphatic rings. The molecule has 2 heteroatoms. The van der Waals surface area contributed by atoms with Crippen LogP contribution in [0.4, 0.5) is 0 Å². The quantitative estimate of drug-likeness (QED) is 0.241. The van der Waals surface area contributed by atoms with Crippen LogP contribution >= 0.6 is 0 Å². The van der Waals surface area contributed by atoms with Gasteiger partial charge in [-0.2, -0.15) is 0 Å². The highest BCUT2D eigenvalue weighted by Gasteiger charge is 2.24. The topological polar surface area (TPSA) is 18.5 Å². The molecule has 0 radical (unpaired) electrons. The largest absolute Gasteiger partial charge is 0.456 e. The smallest absolute Gasteiger partial charge is 0.143 e. The fourth-order valence-corrected chi connectivity index (χ4v) is 5.23. The minimum Gasteiger partial charge on any atom is -0.456 e. The van der Waals surface area contributed by atoms with Crippen LogP contribution in [0.2, 0.25) is 0 Å². The van der Waals surface area contributed by atoms with E-state index >= 15 is 0 Å². The molecule has 0 amide bonds. The molecule has 6 aromatic rings. The summed E-state index contributed by atoms with van der Waals surface area (Å²) in [6.45, 7) is 0. The van der Waals surface area contributed by atoms with Crippen molar-refractivity contribution in [3.05, 3.63) is 146 Å². The highest BCUT2D eigenvalue weighted by Crippen LogP contribution is 2.51. The van der Waals surface area contributed by atoms with Crippen molar-refractivity contribution in [2.24, 2.45) is 0 Å². The highest BCUT2D eigenvalue weighted by atomic mass is 16.5. The second-order valence-electron chi connectivity index (χ2n) is 9.29. The average Bonchev–Trinajstić information content (AvgIpc) is 2.99. The van der Waals surface area contributed by atoms with Crippen LogP contribution in [0.25, 0.3) is 44.5 Å². The third kappa shape index (κ3) is 3.84. The summed E-state index contributed by atoms with van der Waals surface area (Å²) < 4.78 is 13.7. The van der Waals surface area contributed by atoms with Gasteiger partial charge in [0.15, 0.2) is 0 Å². The Morgan fingerprint density at radius 3 is 1.50 bits per heavy atom. The van der Waals surface area contributed by atoms with Crippen LogP contribution in [-0.2, 0) is 0 Å². The van der Waals surface area contributed by atoms with Crippen LogP contribution in [-0.4, -0.2) is 0 Å². The Morgan fingerprint density at radius 1 is 0.289 bits per heavy atom. The molecule has 180 valence electrons. The normalized spacial score (nSPS) is 11.6. The molecule has 0 aromatic heterocycles. The molecule has 0 N–H and O–H groups in total. The van der Waals surface area contributed by atoms with Crippen molar-refractivity contribution >= 4 is 0 Å². The summed E-state index contributed by atoms with van der Waals surface area (Å²) in [5, 5.41) is 0. The first kappa shape index (κ1) is 22.1. The fraction of sp³-hybridized carbons (Fsp3) is 0. The lowest BCUT2D eigenvalue weighted by Gasteiger charge is -2.24. The molecule has 7 rings (SSSR count). The zero-order valence-electron chi connectivity index (χ0n) is 20.7. The van der Waals surface area contributed by atoms with Gasteiger partial charge >= 0.3 is 0 Å². The Bertz CT molecular complexity index is 1750. The van der Waals surface area contributed by atoms with Crippen LogP contribution < -0.4 is 9.47 Å². The lowest BCUT2D eigenvalue weighted by atomic mass is 9.92. The van der Waals surface area contributed by atoms with Gasteiger partial charge in [-0.05, 0) is 34.9 Å². The molecule has 1 heterocycles. The number of benzene rings is 6. The zero-order valence-corrected chi connectivity index (χ0v) is 20.7. The van der Waals surface area contributed by atoms with Gasteiger partial charge in [0.25, 0.3) is 0 Å². The number of fused-ring (bicyclic) bond motifs is 6. The SMILES string of the molecule is c1ccc(-c2cccc3c2Oc2cccc(-c4ccccc4)c2-c2ccccc2Oc2ccccc2-3)cc1. The molecular weight excluding hydrogens is 464 g/mol. The lowest BCUT2D eigenvalue weighted by Crippen LogP contribution is -2.00. The lowest BCUT2D eigenvalue weighted by molar-refractivity contribution is 0.473. The van der Waals surface area contributed by atoms with E-state index < -0.39 is 0 Å².